The lowest BCUT2D eigenvalue weighted by atomic mass is 9.74. The molecule has 2 nitrogen and oxygen atoms in total. The SMILES string of the molecule is CC=C(C)C1(O)CC2CCCC(C1)N2. The Morgan fingerprint density at radius 3 is 2.43 bits per heavy atom. The fourth-order valence-corrected chi connectivity index (χ4v) is 2.92. The highest BCUT2D eigenvalue weighted by Crippen LogP contribution is 2.36. The molecule has 2 saturated heterocycles. The zero-order valence-electron chi connectivity index (χ0n) is 9.21. The van der Waals surface area contributed by atoms with E-state index in [4.69, 9.17) is 0 Å². The second-order valence-corrected chi connectivity index (χ2v) is 4.90. The Labute approximate surface area is 86.4 Å². The Bertz CT molecular complexity index is 235. The fraction of sp³-hybridized carbons (Fsp3) is 0.833. The van der Waals surface area contributed by atoms with Gasteiger partial charge in [-0.15, -0.1) is 0 Å². The van der Waals surface area contributed by atoms with Crippen LogP contribution < -0.4 is 5.32 Å². The topological polar surface area (TPSA) is 32.3 Å². The number of nitrogens with one attached hydrogen (secondary N) is 1. The van der Waals surface area contributed by atoms with Gasteiger partial charge in [-0.05, 0) is 45.1 Å². The smallest absolute Gasteiger partial charge is 0.0883 e. The van der Waals surface area contributed by atoms with Gasteiger partial charge in [-0.1, -0.05) is 12.5 Å². The van der Waals surface area contributed by atoms with E-state index in [0.717, 1.165) is 18.4 Å². The van der Waals surface area contributed by atoms with E-state index in [9.17, 15) is 5.11 Å². The largest absolute Gasteiger partial charge is 0.385 e. The first-order valence-corrected chi connectivity index (χ1v) is 5.76. The second kappa shape index (κ2) is 3.67. The lowest BCUT2D eigenvalue weighted by Crippen LogP contribution is -2.56. The Kier molecular flexibility index (Phi) is 2.67. The molecule has 2 fully saturated rings. The van der Waals surface area contributed by atoms with Gasteiger partial charge in [0.15, 0.2) is 0 Å². The summed E-state index contributed by atoms with van der Waals surface area (Å²) >= 11 is 0. The molecule has 2 bridgehead atoms. The Morgan fingerprint density at radius 2 is 1.93 bits per heavy atom. The van der Waals surface area contributed by atoms with Gasteiger partial charge in [0, 0.05) is 12.1 Å². The fourth-order valence-electron chi connectivity index (χ4n) is 2.92. The number of hydrogen-bond donors (Lipinski definition) is 2. The highest BCUT2D eigenvalue weighted by molar-refractivity contribution is 5.17. The summed E-state index contributed by atoms with van der Waals surface area (Å²) in [5, 5.41) is 14.1. The highest BCUT2D eigenvalue weighted by Gasteiger charge is 2.41. The van der Waals surface area contributed by atoms with Gasteiger partial charge in [-0.2, -0.15) is 0 Å². The quantitative estimate of drug-likeness (QED) is 0.627. The number of allylic oxidation sites excluding steroid dienone is 1. The predicted molar refractivity (Wildman–Crippen MR) is 58.2 cm³/mol. The minimum atomic E-state index is -0.518. The molecular weight excluding hydrogens is 174 g/mol. The number of piperidine rings is 2. The van der Waals surface area contributed by atoms with Crippen molar-refractivity contribution >= 4 is 0 Å². The molecule has 2 heteroatoms. The second-order valence-electron chi connectivity index (χ2n) is 4.90. The lowest BCUT2D eigenvalue weighted by Gasteiger charge is -2.45. The third-order valence-corrected chi connectivity index (χ3v) is 3.91. The molecule has 2 aliphatic rings. The van der Waals surface area contributed by atoms with Crippen molar-refractivity contribution in [1.29, 1.82) is 0 Å². The van der Waals surface area contributed by atoms with E-state index in [1.165, 1.54) is 19.3 Å². The third-order valence-electron chi connectivity index (χ3n) is 3.91. The molecule has 0 aliphatic carbocycles. The molecule has 0 spiro atoms. The van der Waals surface area contributed by atoms with Gasteiger partial charge in [0.25, 0.3) is 0 Å². The van der Waals surface area contributed by atoms with Crippen molar-refractivity contribution < 1.29 is 5.11 Å². The Morgan fingerprint density at radius 1 is 1.36 bits per heavy atom. The van der Waals surface area contributed by atoms with Crippen molar-refractivity contribution in [1.82, 2.24) is 5.32 Å². The van der Waals surface area contributed by atoms with Crippen molar-refractivity contribution in [3.63, 3.8) is 0 Å². The average molecular weight is 195 g/mol. The van der Waals surface area contributed by atoms with Crippen LogP contribution in [0.1, 0.15) is 46.0 Å². The van der Waals surface area contributed by atoms with Gasteiger partial charge in [0.1, 0.15) is 0 Å². The van der Waals surface area contributed by atoms with Crippen LogP contribution in [-0.4, -0.2) is 22.8 Å². The summed E-state index contributed by atoms with van der Waals surface area (Å²) in [5.74, 6) is 0. The van der Waals surface area contributed by atoms with E-state index in [1.807, 2.05) is 6.92 Å². The molecule has 80 valence electrons. The number of rotatable bonds is 1. The average Bonchev–Trinajstić information content (AvgIpc) is 2.15. The Hall–Kier alpha value is -0.340. The van der Waals surface area contributed by atoms with Crippen LogP contribution >= 0.6 is 0 Å². The van der Waals surface area contributed by atoms with Crippen LogP contribution in [0, 0.1) is 0 Å². The first-order chi connectivity index (χ1) is 6.64. The summed E-state index contributed by atoms with van der Waals surface area (Å²) in [4.78, 5) is 0. The lowest BCUT2D eigenvalue weighted by molar-refractivity contribution is -0.000424. The predicted octanol–water partition coefficient (Wildman–Crippen LogP) is 1.99. The molecule has 2 heterocycles. The molecule has 2 aliphatic heterocycles. The van der Waals surface area contributed by atoms with Gasteiger partial charge in [0.05, 0.1) is 5.60 Å². The summed E-state index contributed by atoms with van der Waals surface area (Å²) in [6.07, 6.45) is 7.65. The molecule has 2 rings (SSSR count). The molecule has 0 aromatic carbocycles. The molecule has 0 saturated carbocycles. The van der Waals surface area contributed by atoms with Crippen molar-refractivity contribution in [3.05, 3.63) is 11.6 Å². The van der Waals surface area contributed by atoms with Crippen molar-refractivity contribution in [2.45, 2.75) is 63.6 Å². The zero-order valence-corrected chi connectivity index (χ0v) is 9.21. The molecule has 0 amide bonds. The number of aliphatic hydroxyl groups is 1. The minimum Gasteiger partial charge on any atom is -0.385 e. The van der Waals surface area contributed by atoms with Gasteiger partial charge in [0.2, 0.25) is 0 Å². The molecular formula is C12H21NO. The minimum absolute atomic E-state index is 0.518. The van der Waals surface area contributed by atoms with Gasteiger partial charge in [-0.25, -0.2) is 0 Å². The maximum Gasteiger partial charge on any atom is 0.0883 e. The first kappa shape index (κ1) is 10.2. The highest BCUT2D eigenvalue weighted by atomic mass is 16.3. The molecule has 0 aromatic heterocycles. The van der Waals surface area contributed by atoms with E-state index in [1.54, 1.807) is 0 Å². The maximum atomic E-state index is 10.5. The van der Waals surface area contributed by atoms with Crippen LogP contribution in [0.3, 0.4) is 0 Å². The van der Waals surface area contributed by atoms with Gasteiger partial charge < -0.3 is 10.4 Å². The van der Waals surface area contributed by atoms with Crippen LogP contribution in [0.4, 0.5) is 0 Å². The summed E-state index contributed by atoms with van der Waals surface area (Å²) < 4.78 is 0. The van der Waals surface area contributed by atoms with Crippen LogP contribution in [0.15, 0.2) is 11.6 Å². The molecule has 2 atom stereocenters. The van der Waals surface area contributed by atoms with E-state index >= 15 is 0 Å². The molecule has 14 heavy (non-hydrogen) atoms. The maximum absolute atomic E-state index is 10.5. The third kappa shape index (κ3) is 1.73. The zero-order chi connectivity index (χ0) is 10.2. The Balaban J connectivity index is 2.14. The van der Waals surface area contributed by atoms with Crippen LogP contribution in [-0.2, 0) is 0 Å². The van der Waals surface area contributed by atoms with Gasteiger partial charge >= 0.3 is 0 Å². The summed E-state index contributed by atoms with van der Waals surface area (Å²) in [7, 11) is 0. The van der Waals surface area contributed by atoms with E-state index < -0.39 is 5.60 Å². The summed E-state index contributed by atoms with van der Waals surface area (Å²) in [5.41, 5.74) is 0.631. The van der Waals surface area contributed by atoms with Crippen molar-refractivity contribution in [2.75, 3.05) is 0 Å². The molecule has 0 aromatic rings. The monoisotopic (exact) mass is 195 g/mol. The normalized spacial score (nSPS) is 43.8. The number of fused-ring (bicyclic) bond motifs is 2. The van der Waals surface area contributed by atoms with Crippen LogP contribution in [0.2, 0.25) is 0 Å². The summed E-state index contributed by atoms with van der Waals surface area (Å²) in [6.45, 7) is 4.08. The molecule has 0 radical (unpaired) electrons. The van der Waals surface area contributed by atoms with Crippen molar-refractivity contribution in [2.24, 2.45) is 0 Å². The van der Waals surface area contributed by atoms with Crippen LogP contribution in [0.5, 0.6) is 0 Å². The van der Waals surface area contributed by atoms with E-state index in [0.29, 0.717) is 12.1 Å². The van der Waals surface area contributed by atoms with Crippen LogP contribution in [0.25, 0.3) is 0 Å². The molecule has 2 N–H and O–H groups in total. The first-order valence-electron chi connectivity index (χ1n) is 5.76. The van der Waals surface area contributed by atoms with E-state index in [2.05, 4.69) is 18.3 Å². The van der Waals surface area contributed by atoms with Crippen molar-refractivity contribution in [3.8, 4) is 0 Å². The molecule has 2 unspecified atom stereocenters. The standard InChI is InChI=1S/C12H21NO/c1-3-9(2)12(14)7-10-5-4-6-11(8-12)13-10/h3,10-11,13-14H,4-8H2,1-2H3. The van der Waals surface area contributed by atoms with Gasteiger partial charge in [-0.3, -0.25) is 0 Å². The number of hydrogen-bond acceptors (Lipinski definition) is 2. The van der Waals surface area contributed by atoms with E-state index in [-0.39, 0.29) is 0 Å². The summed E-state index contributed by atoms with van der Waals surface area (Å²) in [6, 6.07) is 1.09.